The van der Waals surface area contributed by atoms with E-state index in [0.29, 0.717) is 6.42 Å². The summed E-state index contributed by atoms with van der Waals surface area (Å²) in [7, 11) is -4.12. The van der Waals surface area contributed by atoms with Crippen molar-refractivity contribution in [1.29, 1.82) is 0 Å². The van der Waals surface area contributed by atoms with Gasteiger partial charge in [0.1, 0.15) is 4.90 Å². The zero-order valence-electron chi connectivity index (χ0n) is 11.2. The summed E-state index contributed by atoms with van der Waals surface area (Å²) in [6.07, 6.45) is -0.410. The molecule has 0 aliphatic heterocycles. The molecule has 8 heteroatoms. The van der Waals surface area contributed by atoms with E-state index in [-0.39, 0.29) is 23.2 Å². The van der Waals surface area contributed by atoms with E-state index in [2.05, 4.69) is 4.72 Å². The molecule has 0 bridgehead atoms. The molecule has 4 N–H and O–H groups in total. The van der Waals surface area contributed by atoms with Gasteiger partial charge in [-0.15, -0.1) is 0 Å². The molecule has 1 aromatic rings. The van der Waals surface area contributed by atoms with Gasteiger partial charge in [-0.2, -0.15) is 0 Å². The van der Waals surface area contributed by atoms with E-state index >= 15 is 0 Å². The highest BCUT2D eigenvalue weighted by molar-refractivity contribution is 7.89. The average molecular weight is 325 g/mol. The van der Waals surface area contributed by atoms with Crippen molar-refractivity contribution < 1.29 is 17.9 Å². The van der Waals surface area contributed by atoms with Gasteiger partial charge in [0.2, 0.25) is 10.0 Å². The molecule has 0 amide bonds. The lowest BCUT2D eigenvalue weighted by molar-refractivity contribution is 0.152. The Balaban J connectivity index is 2.90. The summed E-state index contributed by atoms with van der Waals surface area (Å²) in [5.74, 6) is -0.840. The number of rotatable bonds is 6. The second-order valence-electron chi connectivity index (χ2n) is 4.94. The molecule has 1 unspecified atom stereocenters. The van der Waals surface area contributed by atoms with Crippen molar-refractivity contribution in [3.63, 3.8) is 0 Å². The van der Waals surface area contributed by atoms with Crippen LogP contribution in [0.1, 0.15) is 20.3 Å². The molecule has 114 valence electrons. The highest BCUT2D eigenvalue weighted by Crippen LogP contribution is 2.25. The first-order valence-corrected chi connectivity index (χ1v) is 7.92. The third-order valence-electron chi connectivity index (χ3n) is 2.57. The monoisotopic (exact) mass is 324 g/mol. The zero-order valence-corrected chi connectivity index (χ0v) is 12.8. The van der Waals surface area contributed by atoms with Crippen LogP contribution in [0.4, 0.5) is 10.1 Å². The fourth-order valence-corrected chi connectivity index (χ4v) is 3.19. The lowest BCUT2D eigenvalue weighted by atomic mass is 10.1. The highest BCUT2D eigenvalue weighted by atomic mass is 35.5. The van der Waals surface area contributed by atoms with Gasteiger partial charge in [-0.25, -0.2) is 17.5 Å². The topological polar surface area (TPSA) is 92.4 Å². The first kappa shape index (κ1) is 17.2. The maximum Gasteiger partial charge on any atom is 0.243 e. The van der Waals surface area contributed by atoms with Gasteiger partial charge >= 0.3 is 0 Å². The third kappa shape index (κ3) is 4.59. The maximum absolute atomic E-state index is 13.7. The molecule has 0 fully saturated rings. The van der Waals surface area contributed by atoms with Gasteiger partial charge in [0.25, 0.3) is 0 Å². The quantitative estimate of drug-likeness (QED) is 0.695. The highest BCUT2D eigenvalue weighted by Gasteiger charge is 2.22. The lowest BCUT2D eigenvalue weighted by Gasteiger charge is -2.14. The number of aliphatic hydroxyl groups is 1. The number of aliphatic hydroxyl groups excluding tert-OH is 1. The van der Waals surface area contributed by atoms with Crippen LogP contribution in [0.5, 0.6) is 0 Å². The molecule has 5 nitrogen and oxygen atoms in total. The Labute approximate surface area is 123 Å². The van der Waals surface area contributed by atoms with E-state index in [0.717, 1.165) is 12.1 Å². The van der Waals surface area contributed by atoms with Crippen molar-refractivity contribution in [3.05, 3.63) is 23.0 Å². The van der Waals surface area contributed by atoms with Crippen LogP contribution in [0.2, 0.25) is 5.02 Å². The van der Waals surface area contributed by atoms with Gasteiger partial charge in [0, 0.05) is 11.6 Å². The largest absolute Gasteiger partial charge is 0.396 e. The predicted octanol–water partition coefficient (Wildman–Crippen LogP) is 1.75. The standard InChI is InChI=1S/C12H18ClFN2O3S/c1-7(2)3-9(17)6-16-20(18,19)11-5-8(13)4-10(15)12(11)14/h4-5,7,9,16-17H,3,6,15H2,1-2H3. The molecule has 0 saturated carbocycles. The minimum Gasteiger partial charge on any atom is -0.396 e. The van der Waals surface area contributed by atoms with Gasteiger partial charge in [0.05, 0.1) is 11.8 Å². The van der Waals surface area contributed by atoms with E-state index in [9.17, 15) is 17.9 Å². The van der Waals surface area contributed by atoms with Gasteiger partial charge in [-0.1, -0.05) is 25.4 Å². The fourth-order valence-electron chi connectivity index (χ4n) is 1.69. The molecule has 0 heterocycles. The molecule has 1 rings (SSSR count). The normalized spacial score (nSPS) is 13.7. The summed E-state index contributed by atoms with van der Waals surface area (Å²) >= 11 is 5.67. The van der Waals surface area contributed by atoms with Crippen LogP contribution in [0.15, 0.2) is 17.0 Å². The molecule has 1 aromatic carbocycles. The summed E-state index contributed by atoms with van der Waals surface area (Å²) in [6.45, 7) is 3.59. The van der Waals surface area contributed by atoms with E-state index in [1.165, 1.54) is 0 Å². The molecule has 1 atom stereocenters. The fraction of sp³-hybridized carbons (Fsp3) is 0.500. The summed E-state index contributed by atoms with van der Waals surface area (Å²) in [4.78, 5) is -0.626. The van der Waals surface area contributed by atoms with E-state index in [1.54, 1.807) is 0 Å². The minimum atomic E-state index is -4.12. The minimum absolute atomic E-state index is 0.0204. The number of hydrogen-bond acceptors (Lipinski definition) is 4. The number of nitrogens with one attached hydrogen (secondary N) is 1. The molecule has 0 aliphatic rings. The number of anilines is 1. The second-order valence-corrected chi connectivity index (χ2v) is 7.11. The number of sulfonamides is 1. The van der Waals surface area contributed by atoms with Gasteiger partial charge < -0.3 is 10.8 Å². The van der Waals surface area contributed by atoms with E-state index in [1.807, 2.05) is 13.8 Å². The Morgan fingerprint density at radius 2 is 2.05 bits per heavy atom. The second kappa shape index (κ2) is 6.71. The summed E-state index contributed by atoms with van der Waals surface area (Å²) < 4.78 is 39.8. The van der Waals surface area contributed by atoms with E-state index < -0.39 is 26.8 Å². The van der Waals surface area contributed by atoms with Crippen molar-refractivity contribution in [1.82, 2.24) is 4.72 Å². The molecular weight excluding hydrogens is 307 g/mol. The van der Waals surface area contributed by atoms with Crippen molar-refractivity contribution in [2.75, 3.05) is 12.3 Å². The smallest absolute Gasteiger partial charge is 0.243 e. The lowest BCUT2D eigenvalue weighted by Crippen LogP contribution is -2.33. The molecule has 20 heavy (non-hydrogen) atoms. The first-order valence-electron chi connectivity index (χ1n) is 6.05. The maximum atomic E-state index is 13.7. The summed E-state index contributed by atoms with van der Waals surface area (Å²) in [6, 6.07) is 2.11. The molecule has 0 radical (unpaired) electrons. The van der Waals surface area contributed by atoms with Crippen LogP contribution in [-0.4, -0.2) is 26.2 Å². The van der Waals surface area contributed by atoms with Crippen LogP contribution in [0, 0.1) is 11.7 Å². The molecule has 0 spiro atoms. The summed E-state index contributed by atoms with van der Waals surface area (Å²) in [5.41, 5.74) is 4.99. The van der Waals surface area contributed by atoms with Gasteiger partial charge in [0.15, 0.2) is 5.82 Å². The third-order valence-corrected chi connectivity index (χ3v) is 4.22. The van der Waals surface area contributed by atoms with Crippen LogP contribution >= 0.6 is 11.6 Å². The number of benzene rings is 1. The van der Waals surface area contributed by atoms with Crippen molar-refractivity contribution in [3.8, 4) is 0 Å². The SMILES string of the molecule is CC(C)CC(O)CNS(=O)(=O)c1cc(Cl)cc(N)c1F. The molecule has 0 saturated heterocycles. The van der Waals surface area contributed by atoms with Gasteiger partial charge in [-0.3, -0.25) is 0 Å². The molecule has 0 aliphatic carbocycles. The van der Waals surface area contributed by atoms with Gasteiger partial charge in [-0.05, 0) is 24.5 Å². The van der Waals surface area contributed by atoms with Crippen molar-refractivity contribution in [2.24, 2.45) is 5.92 Å². The Hall–Kier alpha value is -0.890. The Morgan fingerprint density at radius 1 is 1.45 bits per heavy atom. The van der Waals surface area contributed by atoms with E-state index in [4.69, 9.17) is 17.3 Å². The van der Waals surface area contributed by atoms with Crippen LogP contribution in [0.25, 0.3) is 0 Å². The summed E-state index contributed by atoms with van der Waals surface area (Å²) in [5, 5.41) is 9.66. The number of nitrogens with two attached hydrogens (primary N) is 1. The number of hydrogen-bond donors (Lipinski definition) is 3. The Morgan fingerprint density at radius 3 is 2.60 bits per heavy atom. The number of nitrogen functional groups attached to an aromatic ring is 1. The van der Waals surface area contributed by atoms with Crippen molar-refractivity contribution >= 4 is 27.3 Å². The molecule has 0 aromatic heterocycles. The zero-order chi connectivity index (χ0) is 15.5. The molecular formula is C12H18ClFN2O3S. The van der Waals surface area contributed by atoms with Crippen LogP contribution in [-0.2, 0) is 10.0 Å². The van der Waals surface area contributed by atoms with Crippen molar-refractivity contribution in [2.45, 2.75) is 31.3 Å². The Bertz CT molecular complexity index is 578. The number of halogens is 2. The van der Waals surface area contributed by atoms with Crippen LogP contribution < -0.4 is 10.5 Å². The Kier molecular flexibility index (Phi) is 5.76. The predicted molar refractivity (Wildman–Crippen MR) is 76.5 cm³/mol. The van der Waals surface area contributed by atoms with Crippen LogP contribution in [0.3, 0.4) is 0 Å². The average Bonchev–Trinajstić information content (AvgIpc) is 2.30. The first-order chi connectivity index (χ1) is 9.13.